The number of benzene rings is 3. The van der Waals surface area contributed by atoms with Gasteiger partial charge in [-0.2, -0.15) is 0 Å². The van der Waals surface area contributed by atoms with Crippen molar-refractivity contribution >= 4 is 34.8 Å². The highest BCUT2D eigenvalue weighted by atomic mass is 35.5. The Bertz CT molecular complexity index is 1210. The minimum Gasteiger partial charge on any atom is -0.273 e. The van der Waals surface area contributed by atoms with Crippen molar-refractivity contribution in [1.29, 1.82) is 0 Å². The van der Waals surface area contributed by atoms with Crippen LogP contribution in [0, 0.1) is 19.3 Å². The zero-order valence-electron chi connectivity index (χ0n) is 18.1. The Kier molecular flexibility index (Phi) is 4.84. The molecule has 2 saturated heterocycles. The third-order valence-corrected chi connectivity index (χ3v) is 6.87. The third kappa shape index (κ3) is 2.96. The van der Waals surface area contributed by atoms with Gasteiger partial charge < -0.3 is 0 Å². The summed E-state index contributed by atoms with van der Waals surface area (Å²) in [4.78, 5) is 35.0. The van der Waals surface area contributed by atoms with E-state index in [-0.39, 0.29) is 11.8 Å². The molecule has 2 amide bonds. The average Bonchev–Trinajstić information content (AvgIpc) is 3.20. The van der Waals surface area contributed by atoms with Crippen molar-refractivity contribution in [3.63, 3.8) is 0 Å². The van der Waals surface area contributed by atoms with Crippen LogP contribution in [-0.2, 0) is 14.4 Å². The van der Waals surface area contributed by atoms with Crippen LogP contribution in [0.15, 0.2) is 72.8 Å². The first-order chi connectivity index (χ1) is 15.3. The molecule has 2 aliphatic heterocycles. The second-order valence-electron chi connectivity index (χ2n) is 8.63. The predicted molar refractivity (Wildman–Crippen MR) is 125 cm³/mol. The van der Waals surface area contributed by atoms with Crippen LogP contribution in [0.1, 0.15) is 29.7 Å². The molecule has 3 atom stereocenters. The Labute approximate surface area is 192 Å². The highest BCUT2D eigenvalue weighted by molar-refractivity contribution is 6.30. The van der Waals surface area contributed by atoms with Crippen molar-refractivity contribution in [2.24, 2.45) is 5.41 Å². The summed E-state index contributed by atoms with van der Waals surface area (Å²) < 4.78 is 0. The molecule has 2 heterocycles. The fraction of sp³-hybridized carbons (Fsp3) is 0.231. The average molecular weight is 447 g/mol. The van der Waals surface area contributed by atoms with Gasteiger partial charge in [0.25, 0.3) is 5.91 Å². The lowest BCUT2D eigenvalue weighted by Gasteiger charge is -2.32. The summed E-state index contributed by atoms with van der Waals surface area (Å²) in [5.41, 5.74) is 3.21. The molecule has 0 spiro atoms. The number of aryl methyl sites for hydroxylation is 2. The molecule has 0 saturated carbocycles. The summed E-state index contributed by atoms with van der Waals surface area (Å²) in [7, 11) is 0. The van der Waals surface area contributed by atoms with Crippen LogP contribution in [-0.4, -0.2) is 17.9 Å². The maximum atomic E-state index is 13.9. The Morgan fingerprint density at radius 3 is 2.22 bits per heavy atom. The van der Waals surface area contributed by atoms with E-state index >= 15 is 0 Å². The number of carbonyl (C=O) groups is 2. The molecular weight excluding hydrogens is 424 g/mol. The van der Waals surface area contributed by atoms with Crippen LogP contribution < -0.4 is 9.96 Å². The van der Waals surface area contributed by atoms with E-state index in [9.17, 15) is 9.59 Å². The summed E-state index contributed by atoms with van der Waals surface area (Å²) in [6.45, 7) is 5.79. The van der Waals surface area contributed by atoms with Crippen LogP contribution in [0.3, 0.4) is 0 Å². The minimum absolute atomic E-state index is 0.269. The second-order valence-corrected chi connectivity index (χ2v) is 9.07. The standard InChI is InChI=1S/C26H23ClN2O3/c1-16-9-14-21(15-17(16)2)28-24(30)23-26(3,25(28)31)22(18-10-12-19(27)13-11-18)29(32-23)20-7-5-4-6-8-20/h4-15,22-23H,1-3H3. The first kappa shape index (κ1) is 20.7. The maximum absolute atomic E-state index is 13.9. The van der Waals surface area contributed by atoms with Gasteiger partial charge in [0.15, 0.2) is 6.10 Å². The molecule has 0 N–H and O–H groups in total. The Morgan fingerprint density at radius 1 is 0.875 bits per heavy atom. The number of hydrogen-bond acceptors (Lipinski definition) is 4. The summed E-state index contributed by atoms with van der Waals surface area (Å²) in [5.74, 6) is -0.618. The second kappa shape index (κ2) is 7.47. The quantitative estimate of drug-likeness (QED) is 0.505. The van der Waals surface area contributed by atoms with E-state index in [1.54, 1.807) is 17.2 Å². The van der Waals surface area contributed by atoms with Crippen molar-refractivity contribution in [2.45, 2.75) is 32.9 Å². The van der Waals surface area contributed by atoms with Gasteiger partial charge in [-0.05, 0) is 73.9 Å². The first-order valence-corrected chi connectivity index (χ1v) is 10.9. The lowest BCUT2D eigenvalue weighted by Crippen LogP contribution is -2.41. The number of carbonyl (C=O) groups excluding carboxylic acids is 2. The van der Waals surface area contributed by atoms with Gasteiger partial charge in [-0.15, -0.1) is 0 Å². The molecule has 2 fully saturated rings. The van der Waals surface area contributed by atoms with E-state index < -0.39 is 17.6 Å². The Hall–Kier alpha value is -3.15. The summed E-state index contributed by atoms with van der Waals surface area (Å²) in [6.07, 6.45) is -0.933. The molecule has 0 bridgehead atoms. The Morgan fingerprint density at radius 2 is 1.56 bits per heavy atom. The molecule has 3 aromatic rings. The number of imide groups is 1. The van der Waals surface area contributed by atoms with E-state index in [1.807, 2.05) is 81.4 Å². The van der Waals surface area contributed by atoms with Gasteiger partial charge in [-0.1, -0.05) is 48.0 Å². The number of hydroxylamine groups is 1. The van der Waals surface area contributed by atoms with Crippen molar-refractivity contribution in [3.05, 3.63) is 94.5 Å². The molecule has 5 nitrogen and oxygen atoms in total. The van der Waals surface area contributed by atoms with Crippen LogP contribution in [0.4, 0.5) is 11.4 Å². The molecule has 3 unspecified atom stereocenters. The highest BCUT2D eigenvalue weighted by Crippen LogP contribution is 2.55. The fourth-order valence-electron chi connectivity index (χ4n) is 4.68. The summed E-state index contributed by atoms with van der Waals surface area (Å²) in [6, 6.07) is 22.0. The smallest absolute Gasteiger partial charge is 0.266 e. The molecule has 6 heteroatoms. The lowest BCUT2D eigenvalue weighted by molar-refractivity contribution is -0.128. The molecule has 0 radical (unpaired) electrons. The van der Waals surface area contributed by atoms with Crippen molar-refractivity contribution < 1.29 is 14.4 Å². The molecule has 5 rings (SSSR count). The molecule has 32 heavy (non-hydrogen) atoms. The largest absolute Gasteiger partial charge is 0.273 e. The number of anilines is 2. The van der Waals surface area contributed by atoms with Gasteiger partial charge in [0.2, 0.25) is 5.91 Å². The van der Waals surface area contributed by atoms with Gasteiger partial charge in [-0.25, -0.2) is 9.96 Å². The predicted octanol–water partition coefficient (Wildman–Crippen LogP) is 5.40. The van der Waals surface area contributed by atoms with Crippen LogP contribution in [0.5, 0.6) is 0 Å². The van der Waals surface area contributed by atoms with Crippen LogP contribution in [0.25, 0.3) is 0 Å². The molecule has 162 valence electrons. The zero-order chi connectivity index (χ0) is 22.6. The lowest BCUT2D eigenvalue weighted by atomic mass is 9.76. The van der Waals surface area contributed by atoms with Crippen molar-refractivity contribution in [3.8, 4) is 0 Å². The Balaban J connectivity index is 1.64. The van der Waals surface area contributed by atoms with Gasteiger partial charge in [-0.3, -0.25) is 14.4 Å². The molecular formula is C26H23ClN2O3. The highest BCUT2D eigenvalue weighted by Gasteiger charge is 2.68. The van der Waals surface area contributed by atoms with Crippen LogP contribution >= 0.6 is 11.6 Å². The molecule has 0 aliphatic carbocycles. The van der Waals surface area contributed by atoms with E-state index in [1.165, 1.54) is 4.90 Å². The number of nitrogens with zero attached hydrogens (tertiary/aromatic N) is 2. The van der Waals surface area contributed by atoms with E-state index in [2.05, 4.69) is 0 Å². The zero-order valence-corrected chi connectivity index (χ0v) is 18.8. The SMILES string of the molecule is Cc1ccc(N2C(=O)C3ON(c4ccccc4)C(c4ccc(Cl)cc4)C3(C)C2=O)cc1C. The van der Waals surface area contributed by atoms with Crippen molar-refractivity contribution in [2.75, 3.05) is 9.96 Å². The number of halogens is 1. The van der Waals surface area contributed by atoms with Gasteiger partial charge in [0.05, 0.1) is 17.4 Å². The molecule has 2 aliphatic rings. The maximum Gasteiger partial charge on any atom is 0.266 e. The van der Waals surface area contributed by atoms with Gasteiger partial charge >= 0.3 is 0 Å². The van der Waals surface area contributed by atoms with Gasteiger partial charge in [0, 0.05) is 5.02 Å². The van der Waals surface area contributed by atoms with E-state index in [4.69, 9.17) is 16.4 Å². The topological polar surface area (TPSA) is 49.9 Å². The number of para-hydroxylation sites is 1. The van der Waals surface area contributed by atoms with Gasteiger partial charge in [0.1, 0.15) is 5.41 Å². The number of fused-ring (bicyclic) bond motifs is 1. The molecule has 0 aromatic heterocycles. The van der Waals surface area contributed by atoms with E-state index in [0.717, 1.165) is 22.4 Å². The summed E-state index contributed by atoms with van der Waals surface area (Å²) in [5, 5.41) is 2.30. The minimum atomic E-state index is -1.11. The normalized spacial score (nSPS) is 24.9. The van der Waals surface area contributed by atoms with Crippen LogP contribution in [0.2, 0.25) is 5.02 Å². The number of hydrogen-bond donors (Lipinski definition) is 0. The first-order valence-electron chi connectivity index (χ1n) is 10.5. The summed E-state index contributed by atoms with van der Waals surface area (Å²) >= 11 is 6.13. The monoisotopic (exact) mass is 446 g/mol. The fourth-order valence-corrected chi connectivity index (χ4v) is 4.81. The third-order valence-electron chi connectivity index (χ3n) is 6.62. The number of rotatable bonds is 3. The molecule has 3 aromatic carbocycles. The van der Waals surface area contributed by atoms with Crippen molar-refractivity contribution in [1.82, 2.24) is 0 Å². The van der Waals surface area contributed by atoms with E-state index in [0.29, 0.717) is 10.7 Å². The number of amides is 2.